The van der Waals surface area contributed by atoms with Gasteiger partial charge in [-0.1, -0.05) is 84.9 Å². The third-order valence-corrected chi connectivity index (χ3v) is 6.09. The molecule has 0 saturated heterocycles. The van der Waals surface area contributed by atoms with E-state index in [9.17, 15) is 9.59 Å². The van der Waals surface area contributed by atoms with Crippen LogP contribution in [0.3, 0.4) is 0 Å². The third kappa shape index (κ3) is 2.92. The minimum atomic E-state index is -1.00. The fraction of sp³-hybridized carbons (Fsp3) is 0.0714. The van der Waals surface area contributed by atoms with Crippen LogP contribution >= 0.6 is 0 Å². The molecule has 0 bridgehead atoms. The molecule has 0 amide bonds. The summed E-state index contributed by atoms with van der Waals surface area (Å²) in [6, 6.07) is 23.8. The van der Waals surface area contributed by atoms with Gasteiger partial charge in [0.05, 0.1) is 0 Å². The Morgan fingerprint density at radius 3 is 1.41 bits per heavy atom. The van der Waals surface area contributed by atoms with Gasteiger partial charge in [0.25, 0.3) is 0 Å². The van der Waals surface area contributed by atoms with E-state index in [1.54, 1.807) is 12.2 Å². The maximum atomic E-state index is 12.6. The van der Waals surface area contributed by atoms with Crippen LogP contribution in [0.4, 0.5) is 0 Å². The first-order valence-electron chi connectivity index (χ1n) is 10.5. The van der Waals surface area contributed by atoms with Gasteiger partial charge in [-0.2, -0.15) is 0 Å². The highest BCUT2D eigenvalue weighted by Crippen LogP contribution is 2.37. The zero-order valence-electron chi connectivity index (χ0n) is 17.0. The van der Waals surface area contributed by atoms with Crippen molar-refractivity contribution in [3.05, 3.63) is 107 Å². The minimum absolute atomic E-state index is 0.639. The van der Waals surface area contributed by atoms with Crippen LogP contribution in [-0.2, 0) is 19.1 Å². The van der Waals surface area contributed by atoms with Gasteiger partial charge in [0.2, 0.25) is 0 Å². The van der Waals surface area contributed by atoms with Gasteiger partial charge in [0.15, 0.2) is 0 Å². The normalized spacial score (nSPS) is 18.0. The van der Waals surface area contributed by atoms with E-state index in [1.807, 2.05) is 84.9 Å². The van der Waals surface area contributed by atoms with Crippen molar-refractivity contribution in [3.63, 3.8) is 0 Å². The molecule has 0 heterocycles. The van der Waals surface area contributed by atoms with Crippen molar-refractivity contribution in [2.75, 3.05) is 0 Å². The Bertz CT molecular complexity index is 1350. The highest BCUT2D eigenvalue weighted by atomic mass is 16.6. The second-order valence-corrected chi connectivity index (χ2v) is 7.96. The van der Waals surface area contributed by atoms with Gasteiger partial charge in [-0.25, -0.2) is 9.59 Å². The zero-order valence-corrected chi connectivity index (χ0v) is 17.0. The molecule has 0 aliphatic heterocycles. The van der Waals surface area contributed by atoms with Crippen molar-refractivity contribution in [2.24, 2.45) is 0 Å². The Morgan fingerprint density at radius 1 is 0.562 bits per heavy atom. The number of hydrogen-bond donors (Lipinski definition) is 0. The van der Waals surface area contributed by atoms with E-state index >= 15 is 0 Å². The van der Waals surface area contributed by atoms with E-state index in [0.29, 0.717) is 0 Å². The molecule has 4 nitrogen and oxygen atoms in total. The van der Waals surface area contributed by atoms with Gasteiger partial charge in [-0.15, -0.1) is 0 Å². The van der Waals surface area contributed by atoms with Crippen LogP contribution in [0.2, 0.25) is 0 Å². The molecule has 0 radical (unpaired) electrons. The van der Waals surface area contributed by atoms with Crippen LogP contribution < -0.4 is 0 Å². The molecule has 2 atom stereocenters. The Morgan fingerprint density at radius 2 is 0.969 bits per heavy atom. The second-order valence-electron chi connectivity index (χ2n) is 7.96. The Balaban J connectivity index is 1.24. The van der Waals surface area contributed by atoms with E-state index < -0.39 is 24.1 Å². The summed E-state index contributed by atoms with van der Waals surface area (Å²) in [5, 5.41) is 4.18. The summed E-state index contributed by atoms with van der Waals surface area (Å²) in [5.41, 5.74) is 3.84. The number of rotatable bonds is 2. The average Bonchev–Trinajstić information content (AvgIpc) is 2.83. The van der Waals surface area contributed by atoms with Gasteiger partial charge in [-0.3, -0.25) is 0 Å². The van der Waals surface area contributed by atoms with Crippen LogP contribution in [0.1, 0.15) is 34.5 Å². The van der Waals surface area contributed by atoms with Crippen LogP contribution in [0, 0.1) is 0 Å². The molecule has 0 spiro atoms. The summed E-state index contributed by atoms with van der Waals surface area (Å²) in [7, 11) is 0. The summed E-state index contributed by atoms with van der Waals surface area (Å²) in [5.74, 6) is -2.01. The maximum absolute atomic E-state index is 12.6. The molecule has 0 saturated carbocycles. The highest BCUT2D eigenvalue weighted by Gasteiger charge is 2.29. The number of esters is 2. The van der Waals surface area contributed by atoms with E-state index in [2.05, 4.69) is 0 Å². The number of hydrogen-bond acceptors (Lipinski definition) is 4. The first kappa shape index (κ1) is 18.6. The molecule has 2 aliphatic carbocycles. The van der Waals surface area contributed by atoms with Gasteiger partial charge in [-0.05, 0) is 44.8 Å². The molecule has 2 unspecified atom stereocenters. The predicted molar refractivity (Wildman–Crippen MR) is 124 cm³/mol. The van der Waals surface area contributed by atoms with Gasteiger partial charge in [0.1, 0.15) is 12.2 Å². The fourth-order valence-electron chi connectivity index (χ4n) is 4.67. The number of benzene rings is 4. The average molecular weight is 418 g/mol. The van der Waals surface area contributed by atoms with Gasteiger partial charge < -0.3 is 9.47 Å². The van der Waals surface area contributed by atoms with E-state index in [4.69, 9.17) is 9.47 Å². The van der Waals surface area contributed by atoms with Crippen molar-refractivity contribution in [1.29, 1.82) is 0 Å². The standard InChI is InChI=1S/C28H18O4/c29-27(31-23-15-13-19-7-1-5-17-9-3-11-21(23)25(17)19)28(30)32-24-16-14-20-8-2-6-18-10-4-12-22(24)26(18)20/h1-16,23-24H. The molecule has 0 fully saturated rings. The summed E-state index contributed by atoms with van der Waals surface area (Å²) in [4.78, 5) is 25.3. The molecule has 4 heteroatoms. The van der Waals surface area contributed by atoms with E-state index in [-0.39, 0.29) is 0 Å². The Labute approximate surface area is 184 Å². The lowest BCUT2D eigenvalue weighted by molar-refractivity contribution is -0.172. The zero-order chi connectivity index (χ0) is 21.7. The van der Waals surface area contributed by atoms with Crippen molar-refractivity contribution in [3.8, 4) is 0 Å². The molecule has 0 aromatic heterocycles. The largest absolute Gasteiger partial charge is 0.445 e. The van der Waals surface area contributed by atoms with Crippen molar-refractivity contribution in [2.45, 2.75) is 12.2 Å². The Hall–Kier alpha value is -4.18. The first-order chi connectivity index (χ1) is 15.7. The maximum Gasteiger partial charge on any atom is 0.418 e. The second kappa shape index (κ2) is 7.20. The van der Waals surface area contributed by atoms with Crippen LogP contribution in [0.25, 0.3) is 33.7 Å². The summed E-state index contributed by atoms with van der Waals surface area (Å²) in [6.07, 6.45) is 6.14. The topological polar surface area (TPSA) is 52.6 Å². The lowest BCUT2D eigenvalue weighted by atomic mass is 9.91. The molecule has 4 aromatic carbocycles. The van der Waals surface area contributed by atoms with Gasteiger partial charge >= 0.3 is 11.9 Å². The Kier molecular flexibility index (Phi) is 4.18. The molecular weight excluding hydrogens is 400 g/mol. The van der Waals surface area contributed by atoms with Crippen molar-refractivity contribution in [1.82, 2.24) is 0 Å². The summed E-state index contributed by atoms with van der Waals surface area (Å²) >= 11 is 0. The van der Waals surface area contributed by atoms with Crippen molar-refractivity contribution >= 4 is 45.6 Å². The van der Waals surface area contributed by atoms with E-state index in [1.165, 1.54) is 0 Å². The quantitative estimate of drug-likeness (QED) is 0.300. The third-order valence-electron chi connectivity index (χ3n) is 6.09. The van der Waals surface area contributed by atoms with Crippen molar-refractivity contribution < 1.29 is 19.1 Å². The molecule has 2 aliphatic rings. The van der Waals surface area contributed by atoms with Crippen LogP contribution in [0.15, 0.2) is 84.9 Å². The predicted octanol–water partition coefficient (Wildman–Crippen LogP) is 5.92. The number of carbonyl (C=O) groups is 2. The molecule has 154 valence electrons. The molecule has 0 N–H and O–H groups in total. The fourth-order valence-corrected chi connectivity index (χ4v) is 4.67. The SMILES string of the molecule is O=C(OC1C=Cc2cccc3cccc1c23)C(=O)OC1C=Cc2cccc3cccc1c23. The summed E-state index contributed by atoms with van der Waals surface area (Å²) in [6.45, 7) is 0. The lowest BCUT2D eigenvalue weighted by Gasteiger charge is -2.23. The molecule has 4 aromatic rings. The lowest BCUT2D eigenvalue weighted by Crippen LogP contribution is -2.24. The van der Waals surface area contributed by atoms with Gasteiger partial charge in [0, 0.05) is 11.1 Å². The van der Waals surface area contributed by atoms with Crippen LogP contribution in [0.5, 0.6) is 0 Å². The first-order valence-corrected chi connectivity index (χ1v) is 10.5. The smallest absolute Gasteiger partial charge is 0.418 e. The highest BCUT2D eigenvalue weighted by molar-refractivity contribution is 6.30. The van der Waals surface area contributed by atoms with Crippen LogP contribution in [-0.4, -0.2) is 11.9 Å². The van der Waals surface area contributed by atoms with E-state index in [0.717, 1.165) is 43.8 Å². The summed E-state index contributed by atoms with van der Waals surface area (Å²) < 4.78 is 11.1. The minimum Gasteiger partial charge on any atom is -0.445 e. The number of ether oxygens (including phenoxy) is 2. The molecule has 32 heavy (non-hydrogen) atoms. The number of carbonyl (C=O) groups excluding carboxylic acids is 2. The molecular formula is C28H18O4. The molecule has 6 rings (SSSR count). The monoisotopic (exact) mass is 418 g/mol.